The molecule has 2 rings (SSSR count). The van der Waals surface area contributed by atoms with Gasteiger partial charge in [-0.3, -0.25) is 4.79 Å². The van der Waals surface area contributed by atoms with Crippen LogP contribution in [0.15, 0.2) is 47.1 Å². The van der Waals surface area contributed by atoms with Crippen molar-refractivity contribution in [3.63, 3.8) is 0 Å². The Balaban J connectivity index is 2.16. The highest BCUT2D eigenvalue weighted by Crippen LogP contribution is 2.16. The molecule has 0 fully saturated rings. The van der Waals surface area contributed by atoms with Crippen molar-refractivity contribution in [2.45, 2.75) is 6.54 Å². The monoisotopic (exact) mass is 232 g/mol. The first-order valence-electron chi connectivity index (χ1n) is 5.17. The van der Waals surface area contributed by atoms with Gasteiger partial charge in [0, 0.05) is 11.8 Å². The van der Waals surface area contributed by atoms with Crippen molar-refractivity contribution >= 4 is 11.7 Å². The molecule has 5 heteroatoms. The average molecular weight is 232 g/mol. The summed E-state index contributed by atoms with van der Waals surface area (Å²) in [6, 6.07) is 11.1. The highest BCUT2D eigenvalue weighted by atomic mass is 16.5. The van der Waals surface area contributed by atoms with Crippen LogP contribution < -0.4 is 4.90 Å². The number of carbonyl (C=O) groups is 1. The summed E-state index contributed by atoms with van der Waals surface area (Å²) >= 11 is 0. The first kappa shape index (κ1) is 11.2. The summed E-state index contributed by atoms with van der Waals surface area (Å²) in [6.07, 6.45) is 1.54. The molecule has 88 valence electrons. The Labute approximate surface area is 98.3 Å². The minimum absolute atomic E-state index is 0.0787. The van der Waals surface area contributed by atoms with Gasteiger partial charge in [-0.25, -0.2) is 0 Å². The summed E-state index contributed by atoms with van der Waals surface area (Å²) < 4.78 is 4.98. The molecule has 5 nitrogen and oxygen atoms in total. The maximum atomic E-state index is 10.8. The number of hydrogen-bond donors (Lipinski definition) is 1. The van der Waals surface area contributed by atoms with Crippen LogP contribution in [0.3, 0.4) is 0 Å². The molecular formula is C12H12N2O3. The van der Waals surface area contributed by atoms with Crippen LogP contribution in [0.2, 0.25) is 0 Å². The second-order valence-electron chi connectivity index (χ2n) is 3.56. The molecule has 17 heavy (non-hydrogen) atoms. The molecule has 0 amide bonds. The van der Waals surface area contributed by atoms with Gasteiger partial charge in [-0.1, -0.05) is 23.4 Å². The fourth-order valence-corrected chi connectivity index (χ4v) is 1.55. The Morgan fingerprint density at radius 1 is 1.29 bits per heavy atom. The van der Waals surface area contributed by atoms with Crippen molar-refractivity contribution in [1.29, 1.82) is 0 Å². The van der Waals surface area contributed by atoms with Gasteiger partial charge in [0.05, 0.1) is 12.7 Å². The van der Waals surface area contributed by atoms with Gasteiger partial charge >= 0.3 is 5.97 Å². The molecule has 0 unspecified atom stereocenters. The Morgan fingerprint density at radius 3 is 2.65 bits per heavy atom. The summed E-state index contributed by atoms with van der Waals surface area (Å²) in [4.78, 5) is 12.5. The van der Waals surface area contributed by atoms with Crippen molar-refractivity contribution in [3.05, 3.63) is 48.4 Å². The third-order valence-corrected chi connectivity index (χ3v) is 2.29. The molecule has 0 aliphatic rings. The zero-order chi connectivity index (χ0) is 12.1. The van der Waals surface area contributed by atoms with Crippen LogP contribution in [0.4, 0.5) is 5.69 Å². The fraction of sp³-hybridized carbons (Fsp3) is 0.167. The van der Waals surface area contributed by atoms with Crippen LogP contribution in [0.5, 0.6) is 0 Å². The van der Waals surface area contributed by atoms with Crippen molar-refractivity contribution in [3.8, 4) is 0 Å². The highest BCUT2D eigenvalue weighted by Gasteiger charge is 2.12. The lowest BCUT2D eigenvalue weighted by Gasteiger charge is -2.21. The minimum Gasteiger partial charge on any atom is -0.480 e. The SMILES string of the molecule is O=C(O)CN(Cc1ccno1)c1ccccc1. The highest BCUT2D eigenvalue weighted by molar-refractivity contribution is 5.73. The van der Waals surface area contributed by atoms with Crippen molar-refractivity contribution < 1.29 is 14.4 Å². The van der Waals surface area contributed by atoms with Gasteiger partial charge in [0.25, 0.3) is 0 Å². The first-order valence-corrected chi connectivity index (χ1v) is 5.17. The predicted octanol–water partition coefficient (Wildman–Crippen LogP) is 1.77. The lowest BCUT2D eigenvalue weighted by Crippen LogP contribution is -2.28. The number of anilines is 1. The van der Waals surface area contributed by atoms with E-state index in [0.717, 1.165) is 5.69 Å². The van der Waals surface area contributed by atoms with Gasteiger partial charge in [-0.15, -0.1) is 0 Å². The van der Waals surface area contributed by atoms with E-state index >= 15 is 0 Å². The van der Waals surface area contributed by atoms with Crippen LogP contribution in [0, 0.1) is 0 Å². The Kier molecular flexibility index (Phi) is 3.40. The van der Waals surface area contributed by atoms with E-state index in [-0.39, 0.29) is 6.54 Å². The van der Waals surface area contributed by atoms with E-state index < -0.39 is 5.97 Å². The van der Waals surface area contributed by atoms with Gasteiger partial charge in [-0.05, 0) is 12.1 Å². The van der Waals surface area contributed by atoms with Crippen LogP contribution >= 0.6 is 0 Å². The number of nitrogens with zero attached hydrogens (tertiary/aromatic N) is 2. The molecule has 0 saturated carbocycles. The van der Waals surface area contributed by atoms with Gasteiger partial charge in [0.2, 0.25) is 0 Å². The topological polar surface area (TPSA) is 66.6 Å². The smallest absolute Gasteiger partial charge is 0.323 e. The summed E-state index contributed by atoms with van der Waals surface area (Å²) in [5.41, 5.74) is 0.839. The van der Waals surface area contributed by atoms with Gasteiger partial charge in [0.1, 0.15) is 6.54 Å². The minimum atomic E-state index is -0.881. The normalized spacial score (nSPS) is 10.1. The van der Waals surface area contributed by atoms with E-state index in [0.29, 0.717) is 12.3 Å². The number of rotatable bonds is 5. The van der Waals surface area contributed by atoms with Crippen LogP contribution in [-0.2, 0) is 11.3 Å². The predicted molar refractivity (Wildman–Crippen MR) is 61.6 cm³/mol. The van der Waals surface area contributed by atoms with E-state index in [1.54, 1.807) is 17.2 Å². The fourth-order valence-electron chi connectivity index (χ4n) is 1.55. The molecular weight excluding hydrogens is 220 g/mol. The molecule has 2 aromatic rings. The summed E-state index contributed by atoms with van der Waals surface area (Å²) in [5, 5.41) is 12.5. The molecule has 0 bridgehead atoms. The molecule has 0 spiro atoms. The second kappa shape index (κ2) is 5.16. The number of carboxylic acid groups (broad SMARTS) is 1. The number of benzene rings is 1. The van der Waals surface area contributed by atoms with Gasteiger partial charge in [-0.2, -0.15) is 0 Å². The zero-order valence-corrected chi connectivity index (χ0v) is 9.11. The third kappa shape index (κ3) is 3.07. The zero-order valence-electron chi connectivity index (χ0n) is 9.11. The summed E-state index contributed by atoms with van der Waals surface area (Å²) in [6.45, 7) is 0.307. The Morgan fingerprint density at radius 2 is 2.06 bits per heavy atom. The van der Waals surface area contributed by atoms with E-state index in [1.807, 2.05) is 30.3 Å². The number of aromatic nitrogens is 1. The number of carboxylic acids is 1. The Bertz CT molecular complexity index is 468. The van der Waals surface area contributed by atoms with E-state index in [1.165, 1.54) is 0 Å². The molecule has 0 atom stereocenters. The van der Waals surface area contributed by atoms with Crippen molar-refractivity contribution in [2.75, 3.05) is 11.4 Å². The standard InChI is InChI=1S/C12H12N2O3/c15-12(16)9-14(8-11-6-7-13-17-11)10-4-2-1-3-5-10/h1-7H,8-9H2,(H,15,16). The van der Waals surface area contributed by atoms with Crippen molar-refractivity contribution in [2.24, 2.45) is 0 Å². The second-order valence-corrected chi connectivity index (χ2v) is 3.56. The number of hydrogen-bond acceptors (Lipinski definition) is 4. The lowest BCUT2D eigenvalue weighted by molar-refractivity contribution is -0.135. The molecule has 0 saturated heterocycles. The van der Waals surface area contributed by atoms with E-state index in [4.69, 9.17) is 9.63 Å². The van der Waals surface area contributed by atoms with Crippen LogP contribution in [0.25, 0.3) is 0 Å². The molecule has 1 heterocycles. The molecule has 0 radical (unpaired) electrons. The average Bonchev–Trinajstić information content (AvgIpc) is 2.82. The molecule has 0 aliphatic heterocycles. The van der Waals surface area contributed by atoms with Crippen LogP contribution in [0.1, 0.15) is 5.76 Å². The first-order chi connectivity index (χ1) is 8.25. The summed E-state index contributed by atoms with van der Waals surface area (Å²) in [7, 11) is 0. The largest absolute Gasteiger partial charge is 0.480 e. The van der Waals surface area contributed by atoms with E-state index in [9.17, 15) is 4.79 Å². The Hall–Kier alpha value is -2.30. The number of aliphatic carboxylic acids is 1. The van der Waals surface area contributed by atoms with E-state index in [2.05, 4.69) is 5.16 Å². The maximum Gasteiger partial charge on any atom is 0.323 e. The molecule has 1 aromatic heterocycles. The van der Waals surface area contributed by atoms with Gasteiger partial charge < -0.3 is 14.5 Å². The summed E-state index contributed by atoms with van der Waals surface area (Å²) in [5.74, 6) is -0.247. The molecule has 0 aliphatic carbocycles. The quantitative estimate of drug-likeness (QED) is 0.850. The molecule has 1 N–H and O–H groups in total. The third-order valence-electron chi connectivity index (χ3n) is 2.29. The lowest BCUT2D eigenvalue weighted by atomic mass is 10.2. The molecule has 1 aromatic carbocycles. The van der Waals surface area contributed by atoms with Crippen LogP contribution in [-0.4, -0.2) is 22.8 Å². The van der Waals surface area contributed by atoms with Gasteiger partial charge in [0.15, 0.2) is 5.76 Å². The maximum absolute atomic E-state index is 10.8. The van der Waals surface area contributed by atoms with Crippen molar-refractivity contribution in [1.82, 2.24) is 5.16 Å². The number of para-hydroxylation sites is 1.